The highest BCUT2D eigenvalue weighted by Crippen LogP contribution is 2.33. The number of pyridine rings is 1. The van der Waals surface area contributed by atoms with Crippen LogP contribution < -0.4 is 10.2 Å². The molecule has 0 spiro atoms. The van der Waals surface area contributed by atoms with E-state index in [-0.39, 0.29) is 10.7 Å². The molecule has 150 valence electrons. The first-order chi connectivity index (χ1) is 13.2. The summed E-state index contributed by atoms with van der Waals surface area (Å²) in [4.78, 5) is 34.2. The Bertz CT molecular complexity index is 854. The zero-order valence-electron chi connectivity index (χ0n) is 15.9. The van der Waals surface area contributed by atoms with Gasteiger partial charge in [0.15, 0.2) is 5.69 Å². The smallest absolute Gasteiger partial charge is 0.412 e. The van der Waals surface area contributed by atoms with Crippen LogP contribution in [0.1, 0.15) is 31.3 Å². The fourth-order valence-electron chi connectivity index (χ4n) is 2.56. The predicted octanol–water partition coefficient (Wildman–Crippen LogP) is 3.09. The number of hydrogen-bond acceptors (Lipinski definition) is 8. The third-order valence-corrected chi connectivity index (χ3v) is 4.79. The van der Waals surface area contributed by atoms with Gasteiger partial charge >= 0.3 is 12.1 Å². The molecular weight excluding hydrogens is 384 g/mol. The fourth-order valence-corrected chi connectivity index (χ4v) is 3.49. The van der Waals surface area contributed by atoms with Gasteiger partial charge in [0.25, 0.3) is 0 Å². The van der Waals surface area contributed by atoms with Crippen LogP contribution in [-0.2, 0) is 9.47 Å². The van der Waals surface area contributed by atoms with Crippen LogP contribution in [0, 0.1) is 0 Å². The summed E-state index contributed by atoms with van der Waals surface area (Å²) in [6.07, 6.45) is 0.915. The molecule has 2 aromatic rings. The number of morpholine rings is 1. The average molecular weight is 406 g/mol. The molecule has 10 heteroatoms. The van der Waals surface area contributed by atoms with Crippen molar-refractivity contribution in [1.82, 2.24) is 9.97 Å². The number of carbonyl (C=O) groups is 2. The SMILES string of the molecule is CC(C)(C)OC(=O)Nc1sc(-c2ccc(N3CCOCC3)nc2)nc1C(=O)O. The van der Waals surface area contributed by atoms with E-state index < -0.39 is 17.7 Å². The van der Waals surface area contributed by atoms with E-state index in [1.165, 1.54) is 0 Å². The fraction of sp³-hybridized carbons (Fsp3) is 0.444. The lowest BCUT2D eigenvalue weighted by molar-refractivity contribution is 0.0636. The molecule has 2 N–H and O–H groups in total. The lowest BCUT2D eigenvalue weighted by atomic mass is 10.2. The Morgan fingerprint density at radius 1 is 1.29 bits per heavy atom. The summed E-state index contributed by atoms with van der Waals surface area (Å²) in [7, 11) is 0. The summed E-state index contributed by atoms with van der Waals surface area (Å²) in [6, 6.07) is 3.70. The van der Waals surface area contributed by atoms with E-state index >= 15 is 0 Å². The normalized spacial score (nSPS) is 14.6. The minimum absolute atomic E-state index is 0.119. The first kappa shape index (κ1) is 20.0. The van der Waals surface area contributed by atoms with Gasteiger partial charge in [0.2, 0.25) is 0 Å². The first-order valence-electron chi connectivity index (χ1n) is 8.76. The van der Waals surface area contributed by atoms with Crippen molar-refractivity contribution in [3.63, 3.8) is 0 Å². The zero-order chi connectivity index (χ0) is 20.3. The summed E-state index contributed by atoms with van der Waals surface area (Å²) in [5.74, 6) is -0.402. The van der Waals surface area contributed by atoms with Crippen molar-refractivity contribution in [2.24, 2.45) is 0 Å². The second kappa shape index (κ2) is 8.11. The van der Waals surface area contributed by atoms with Crippen molar-refractivity contribution in [1.29, 1.82) is 0 Å². The molecule has 1 aliphatic heterocycles. The number of anilines is 2. The highest BCUT2D eigenvalue weighted by atomic mass is 32.1. The van der Waals surface area contributed by atoms with E-state index in [4.69, 9.17) is 9.47 Å². The third-order valence-electron chi connectivity index (χ3n) is 3.77. The number of aromatic carboxylic acids is 1. The molecule has 0 radical (unpaired) electrons. The Labute approximate surface area is 166 Å². The number of nitrogens with one attached hydrogen (secondary N) is 1. The molecule has 0 aromatic carbocycles. The molecule has 0 saturated carbocycles. The van der Waals surface area contributed by atoms with Crippen molar-refractivity contribution >= 4 is 34.2 Å². The van der Waals surface area contributed by atoms with Crippen LogP contribution in [0.15, 0.2) is 18.3 Å². The number of ether oxygens (including phenoxy) is 2. The maximum atomic E-state index is 12.0. The van der Waals surface area contributed by atoms with Crippen molar-refractivity contribution in [2.45, 2.75) is 26.4 Å². The summed E-state index contributed by atoms with van der Waals surface area (Å²) in [5, 5.41) is 12.4. The standard InChI is InChI=1S/C18H22N4O5S/c1-18(2,3)27-17(25)21-15-13(16(23)24)20-14(28-15)11-4-5-12(19-10-11)22-6-8-26-9-7-22/h4-5,10H,6-9H2,1-3H3,(H,21,25)(H,23,24). The van der Waals surface area contributed by atoms with Crippen LogP contribution in [0.25, 0.3) is 10.6 Å². The molecule has 3 heterocycles. The van der Waals surface area contributed by atoms with Crippen LogP contribution in [0.5, 0.6) is 0 Å². The number of thiazole rings is 1. The number of carbonyl (C=O) groups excluding carboxylic acids is 1. The molecule has 1 saturated heterocycles. The van der Waals surface area contributed by atoms with Crippen LogP contribution in [0.2, 0.25) is 0 Å². The van der Waals surface area contributed by atoms with Gasteiger partial charge in [0.05, 0.1) is 13.2 Å². The van der Waals surface area contributed by atoms with Crippen molar-refractivity contribution in [3.05, 3.63) is 24.0 Å². The molecule has 0 unspecified atom stereocenters. The molecule has 1 fully saturated rings. The Morgan fingerprint density at radius 3 is 2.57 bits per heavy atom. The molecule has 0 atom stereocenters. The number of amides is 1. The largest absolute Gasteiger partial charge is 0.476 e. The van der Waals surface area contributed by atoms with Gasteiger partial charge < -0.3 is 19.5 Å². The maximum Gasteiger partial charge on any atom is 0.412 e. The molecule has 1 amide bonds. The monoisotopic (exact) mass is 406 g/mol. The van der Waals surface area contributed by atoms with Crippen LogP contribution in [-0.4, -0.2) is 59.0 Å². The van der Waals surface area contributed by atoms with Gasteiger partial charge in [0, 0.05) is 24.8 Å². The molecule has 3 rings (SSSR count). The highest BCUT2D eigenvalue weighted by Gasteiger charge is 2.23. The number of rotatable bonds is 4. The van der Waals surface area contributed by atoms with Crippen LogP contribution >= 0.6 is 11.3 Å². The Morgan fingerprint density at radius 2 is 2.00 bits per heavy atom. The number of carboxylic acid groups (broad SMARTS) is 1. The van der Waals surface area contributed by atoms with E-state index in [1.807, 2.05) is 12.1 Å². The summed E-state index contributed by atoms with van der Waals surface area (Å²) in [5.41, 5.74) is -0.259. The minimum atomic E-state index is -1.23. The summed E-state index contributed by atoms with van der Waals surface area (Å²) < 4.78 is 10.5. The molecular formula is C18H22N4O5S. The zero-order valence-corrected chi connectivity index (χ0v) is 16.7. The summed E-state index contributed by atoms with van der Waals surface area (Å²) in [6.45, 7) is 8.06. The number of hydrogen-bond donors (Lipinski definition) is 2. The Hall–Kier alpha value is -2.72. The van der Waals surface area contributed by atoms with Gasteiger partial charge in [0.1, 0.15) is 21.4 Å². The number of nitrogens with zero attached hydrogens (tertiary/aromatic N) is 3. The number of aromatic nitrogens is 2. The van der Waals surface area contributed by atoms with Gasteiger partial charge in [-0.15, -0.1) is 0 Å². The lowest BCUT2D eigenvalue weighted by Gasteiger charge is -2.27. The maximum absolute atomic E-state index is 12.0. The third kappa shape index (κ3) is 4.96. The first-order valence-corrected chi connectivity index (χ1v) is 9.58. The van der Waals surface area contributed by atoms with Crippen LogP contribution in [0.3, 0.4) is 0 Å². The summed E-state index contributed by atoms with van der Waals surface area (Å²) >= 11 is 1.06. The molecule has 0 aliphatic carbocycles. The average Bonchev–Trinajstić information content (AvgIpc) is 3.05. The van der Waals surface area contributed by atoms with Gasteiger partial charge in [-0.3, -0.25) is 5.32 Å². The lowest BCUT2D eigenvalue weighted by Crippen LogP contribution is -2.36. The van der Waals surface area contributed by atoms with E-state index in [1.54, 1.807) is 27.0 Å². The number of carboxylic acids is 1. The predicted molar refractivity (Wildman–Crippen MR) is 105 cm³/mol. The topological polar surface area (TPSA) is 114 Å². The Kier molecular flexibility index (Phi) is 5.80. The van der Waals surface area contributed by atoms with Crippen molar-refractivity contribution < 1.29 is 24.2 Å². The molecule has 0 bridgehead atoms. The van der Waals surface area contributed by atoms with Gasteiger partial charge in [-0.25, -0.2) is 19.6 Å². The molecule has 1 aliphatic rings. The molecule has 9 nitrogen and oxygen atoms in total. The van der Waals surface area contributed by atoms with E-state index in [2.05, 4.69) is 20.2 Å². The minimum Gasteiger partial charge on any atom is -0.476 e. The van der Waals surface area contributed by atoms with Gasteiger partial charge in [-0.2, -0.15) is 0 Å². The van der Waals surface area contributed by atoms with Crippen molar-refractivity contribution in [2.75, 3.05) is 36.5 Å². The molecule has 2 aromatic heterocycles. The van der Waals surface area contributed by atoms with Crippen molar-refractivity contribution in [3.8, 4) is 10.6 Å². The van der Waals surface area contributed by atoms with E-state index in [0.29, 0.717) is 23.8 Å². The van der Waals surface area contributed by atoms with Gasteiger partial charge in [-0.05, 0) is 32.9 Å². The second-order valence-electron chi connectivity index (χ2n) is 7.13. The molecule has 28 heavy (non-hydrogen) atoms. The van der Waals surface area contributed by atoms with Gasteiger partial charge in [-0.1, -0.05) is 11.3 Å². The second-order valence-corrected chi connectivity index (χ2v) is 8.13. The van der Waals surface area contributed by atoms with Crippen LogP contribution in [0.4, 0.5) is 15.6 Å². The quantitative estimate of drug-likeness (QED) is 0.796. The van der Waals surface area contributed by atoms with E-state index in [0.717, 1.165) is 30.2 Å². The van der Waals surface area contributed by atoms with E-state index in [9.17, 15) is 14.7 Å². The Balaban J connectivity index is 1.80. The highest BCUT2D eigenvalue weighted by molar-refractivity contribution is 7.19.